The quantitative estimate of drug-likeness (QED) is 0.441. The predicted molar refractivity (Wildman–Crippen MR) is 137 cm³/mol. The highest BCUT2D eigenvalue weighted by atomic mass is 32.2. The Balaban J connectivity index is 1.36. The maximum Gasteiger partial charge on any atom is 0.261 e. The SMILES string of the molecule is CCOc1ccc(CCNC(=O)CCN2C(=O)c3cccnc3Sc3ccccc32)cc1OCC. The number of carbonyl (C=O) groups excluding carboxylic acids is 2. The Labute approximate surface area is 209 Å². The summed E-state index contributed by atoms with van der Waals surface area (Å²) >= 11 is 1.47. The van der Waals surface area contributed by atoms with Crippen molar-refractivity contribution in [1.82, 2.24) is 10.3 Å². The number of hydrogen-bond acceptors (Lipinski definition) is 6. The fraction of sp³-hybridized carbons (Fsp3) is 0.296. The maximum atomic E-state index is 13.3. The van der Waals surface area contributed by atoms with E-state index in [-0.39, 0.29) is 24.8 Å². The van der Waals surface area contributed by atoms with Crippen molar-refractivity contribution in [3.8, 4) is 11.5 Å². The first-order valence-electron chi connectivity index (χ1n) is 11.8. The van der Waals surface area contributed by atoms with Gasteiger partial charge in [-0.25, -0.2) is 4.98 Å². The van der Waals surface area contributed by atoms with Crippen LogP contribution in [0.4, 0.5) is 5.69 Å². The highest BCUT2D eigenvalue weighted by molar-refractivity contribution is 7.99. The van der Waals surface area contributed by atoms with E-state index in [1.54, 1.807) is 23.2 Å². The molecule has 1 N–H and O–H groups in total. The van der Waals surface area contributed by atoms with Crippen LogP contribution >= 0.6 is 11.8 Å². The number of ether oxygens (including phenoxy) is 2. The van der Waals surface area contributed by atoms with Gasteiger partial charge in [0, 0.05) is 30.6 Å². The molecule has 0 aliphatic carbocycles. The molecular weight excluding hydrogens is 462 g/mol. The highest BCUT2D eigenvalue weighted by Gasteiger charge is 2.28. The predicted octanol–water partition coefficient (Wildman–Crippen LogP) is 4.74. The van der Waals surface area contributed by atoms with Crippen LogP contribution in [0, 0.1) is 0 Å². The van der Waals surface area contributed by atoms with Gasteiger partial charge in [0.2, 0.25) is 5.91 Å². The largest absolute Gasteiger partial charge is 0.490 e. The van der Waals surface area contributed by atoms with E-state index in [4.69, 9.17) is 9.47 Å². The van der Waals surface area contributed by atoms with Gasteiger partial charge in [-0.3, -0.25) is 9.59 Å². The summed E-state index contributed by atoms with van der Waals surface area (Å²) in [6.45, 7) is 5.77. The van der Waals surface area contributed by atoms with Crippen LogP contribution in [-0.2, 0) is 11.2 Å². The average molecular weight is 492 g/mol. The van der Waals surface area contributed by atoms with E-state index in [1.807, 2.05) is 56.3 Å². The third-order valence-electron chi connectivity index (χ3n) is 5.52. The summed E-state index contributed by atoms with van der Waals surface area (Å²) < 4.78 is 11.3. The number of pyridine rings is 1. The molecule has 3 aromatic rings. The second-order valence-corrected chi connectivity index (χ2v) is 8.91. The van der Waals surface area contributed by atoms with Crippen molar-refractivity contribution >= 4 is 29.3 Å². The Kier molecular flexibility index (Phi) is 8.26. The third kappa shape index (κ3) is 5.95. The van der Waals surface area contributed by atoms with E-state index in [0.717, 1.165) is 21.9 Å². The molecule has 0 saturated carbocycles. The zero-order valence-corrected chi connectivity index (χ0v) is 20.8. The lowest BCUT2D eigenvalue weighted by Crippen LogP contribution is -2.35. The van der Waals surface area contributed by atoms with E-state index in [1.165, 1.54) is 11.8 Å². The van der Waals surface area contributed by atoms with Crippen LogP contribution in [0.1, 0.15) is 36.2 Å². The monoisotopic (exact) mass is 491 g/mol. The summed E-state index contributed by atoms with van der Waals surface area (Å²) in [5, 5.41) is 3.65. The summed E-state index contributed by atoms with van der Waals surface area (Å²) in [4.78, 5) is 32.9. The second-order valence-electron chi connectivity index (χ2n) is 7.88. The van der Waals surface area contributed by atoms with Gasteiger partial charge in [0.15, 0.2) is 11.5 Å². The van der Waals surface area contributed by atoms with Gasteiger partial charge < -0.3 is 19.7 Å². The van der Waals surface area contributed by atoms with Crippen molar-refractivity contribution in [3.63, 3.8) is 0 Å². The van der Waals surface area contributed by atoms with Gasteiger partial charge in [-0.1, -0.05) is 30.0 Å². The molecule has 7 nitrogen and oxygen atoms in total. The molecule has 0 spiro atoms. The van der Waals surface area contributed by atoms with E-state index in [2.05, 4.69) is 10.3 Å². The van der Waals surface area contributed by atoms with Crippen molar-refractivity contribution < 1.29 is 19.1 Å². The summed E-state index contributed by atoms with van der Waals surface area (Å²) in [5.41, 5.74) is 2.40. The normalized spacial score (nSPS) is 12.4. The molecular formula is C27H29N3O4S. The number of benzene rings is 2. The van der Waals surface area contributed by atoms with Crippen LogP contribution in [0.2, 0.25) is 0 Å². The topological polar surface area (TPSA) is 80.8 Å². The number of anilines is 1. The van der Waals surface area contributed by atoms with E-state index < -0.39 is 0 Å². The molecule has 0 bridgehead atoms. The van der Waals surface area contributed by atoms with Crippen molar-refractivity contribution in [3.05, 3.63) is 71.9 Å². The zero-order valence-electron chi connectivity index (χ0n) is 20.0. The van der Waals surface area contributed by atoms with Crippen LogP contribution < -0.4 is 19.7 Å². The molecule has 4 rings (SSSR count). The van der Waals surface area contributed by atoms with E-state index >= 15 is 0 Å². The first-order chi connectivity index (χ1) is 17.1. The Morgan fingerprint density at radius 3 is 2.66 bits per heavy atom. The number of rotatable bonds is 10. The van der Waals surface area contributed by atoms with Gasteiger partial charge in [0.1, 0.15) is 5.03 Å². The molecule has 0 saturated heterocycles. The molecule has 0 unspecified atom stereocenters. The first kappa shape index (κ1) is 24.6. The van der Waals surface area contributed by atoms with Crippen LogP contribution in [0.5, 0.6) is 11.5 Å². The molecule has 8 heteroatoms. The molecule has 1 aliphatic heterocycles. The lowest BCUT2D eigenvalue weighted by Gasteiger charge is -2.22. The third-order valence-corrected chi connectivity index (χ3v) is 6.60. The van der Waals surface area contributed by atoms with Crippen LogP contribution in [0.15, 0.2) is 70.7 Å². The van der Waals surface area contributed by atoms with Crippen molar-refractivity contribution in [2.75, 3.05) is 31.2 Å². The molecule has 35 heavy (non-hydrogen) atoms. The molecule has 0 radical (unpaired) electrons. The Hall–Kier alpha value is -3.52. The number of hydrogen-bond donors (Lipinski definition) is 1. The summed E-state index contributed by atoms with van der Waals surface area (Å²) in [5.74, 6) is 1.19. The number of nitrogens with one attached hydrogen (secondary N) is 1. The molecule has 2 aromatic carbocycles. The summed E-state index contributed by atoms with van der Waals surface area (Å²) in [6.07, 6.45) is 2.56. The molecule has 0 atom stereocenters. The minimum absolute atomic E-state index is 0.102. The average Bonchev–Trinajstić information content (AvgIpc) is 2.98. The number of aromatic nitrogens is 1. The van der Waals surface area contributed by atoms with Gasteiger partial charge in [-0.05, 0) is 62.2 Å². The number of para-hydroxylation sites is 1. The molecule has 2 heterocycles. The van der Waals surface area contributed by atoms with Crippen molar-refractivity contribution in [1.29, 1.82) is 0 Å². The van der Waals surface area contributed by atoms with Gasteiger partial charge in [0.05, 0.1) is 24.5 Å². The molecule has 2 amide bonds. The van der Waals surface area contributed by atoms with E-state index in [0.29, 0.717) is 42.5 Å². The lowest BCUT2D eigenvalue weighted by molar-refractivity contribution is -0.120. The van der Waals surface area contributed by atoms with Gasteiger partial charge in [0.25, 0.3) is 5.91 Å². The molecule has 0 fully saturated rings. The summed E-state index contributed by atoms with van der Waals surface area (Å²) in [6, 6.07) is 17.1. The fourth-order valence-electron chi connectivity index (χ4n) is 3.88. The smallest absolute Gasteiger partial charge is 0.261 e. The van der Waals surface area contributed by atoms with Crippen LogP contribution in [0.3, 0.4) is 0 Å². The standard InChI is InChI=1S/C27H29N3O4S/c1-3-33-22-12-11-19(18-23(22)34-4-2)13-16-28-25(31)14-17-30-21-9-5-6-10-24(21)35-26-20(27(30)32)8-7-15-29-26/h5-12,15,18H,3-4,13-14,16-17H2,1-2H3,(H,28,31). The van der Waals surface area contributed by atoms with Crippen molar-refractivity contribution in [2.45, 2.75) is 36.6 Å². The Bertz CT molecular complexity index is 1200. The lowest BCUT2D eigenvalue weighted by atomic mass is 10.1. The number of fused-ring (bicyclic) bond motifs is 2. The number of nitrogens with zero attached hydrogens (tertiary/aromatic N) is 2. The zero-order chi connectivity index (χ0) is 24.6. The highest BCUT2D eigenvalue weighted by Crippen LogP contribution is 2.40. The number of amides is 2. The van der Waals surface area contributed by atoms with Crippen molar-refractivity contribution in [2.24, 2.45) is 0 Å². The fourth-order valence-corrected chi connectivity index (χ4v) is 4.90. The van der Waals surface area contributed by atoms with Gasteiger partial charge in [-0.15, -0.1) is 0 Å². The van der Waals surface area contributed by atoms with Gasteiger partial charge in [-0.2, -0.15) is 0 Å². The molecule has 1 aromatic heterocycles. The molecule has 182 valence electrons. The minimum atomic E-state index is -0.142. The second kappa shape index (κ2) is 11.8. The van der Waals surface area contributed by atoms with Crippen LogP contribution in [-0.4, -0.2) is 43.1 Å². The Morgan fingerprint density at radius 1 is 1.03 bits per heavy atom. The molecule has 1 aliphatic rings. The first-order valence-corrected chi connectivity index (χ1v) is 12.6. The van der Waals surface area contributed by atoms with Gasteiger partial charge >= 0.3 is 0 Å². The van der Waals surface area contributed by atoms with E-state index in [9.17, 15) is 9.59 Å². The number of carbonyl (C=O) groups is 2. The summed E-state index contributed by atoms with van der Waals surface area (Å²) in [7, 11) is 0. The maximum absolute atomic E-state index is 13.3. The Morgan fingerprint density at radius 2 is 1.83 bits per heavy atom. The minimum Gasteiger partial charge on any atom is -0.490 e. The van der Waals surface area contributed by atoms with Crippen LogP contribution in [0.25, 0.3) is 0 Å².